The van der Waals surface area contributed by atoms with Gasteiger partial charge in [0.15, 0.2) is 0 Å². The van der Waals surface area contributed by atoms with Crippen LogP contribution in [0.5, 0.6) is 0 Å². The minimum absolute atomic E-state index is 0.123. The predicted molar refractivity (Wildman–Crippen MR) is 81.5 cm³/mol. The smallest absolute Gasteiger partial charge is 0.321 e. The second-order valence-electron chi connectivity index (χ2n) is 5.16. The van der Waals surface area contributed by atoms with Crippen LogP contribution < -0.4 is 5.32 Å². The van der Waals surface area contributed by atoms with Crippen molar-refractivity contribution >= 4 is 27.6 Å². The molecule has 1 aliphatic rings. The molecule has 2 amide bonds. The van der Waals surface area contributed by atoms with Crippen molar-refractivity contribution in [2.45, 2.75) is 13.3 Å². The Morgan fingerprint density at radius 1 is 1.30 bits per heavy atom. The SMILES string of the molecule is Cc1cc(F)c(Br)cc1NC(=O)N1CCCN(C)CC1. The Balaban J connectivity index is 2.06. The highest BCUT2D eigenvalue weighted by atomic mass is 79.9. The van der Waals surface area contributed by atoms with Gasteiger partial charge in [-0.15, -0.1) is 0 Å². The Bertz CT molecular complexity index is 509. The monoisotopic (exact) mass is 343 g/mol. The van der Waals surface area contributed by atoms with E-state index >= 15 is 0 Å². The zero-order valence-electron chi connectivity index (χ0n) is 11.7. The molecular formula is C14H19BrFN3O. The van der Waals surface area contributed by atoms with Crippen LogP contribution in [0, 0.1) is 12.7 Å². The van der Waals surface area contributed by atoms with Crippen LogP contribution in [0.3, 0.4) is 0 Å². The van der Waals surface area contributed by atoms with Crippen molar-refractivity contribution < 1.29 is 9.18 Å². The quantitative estimate of drug-likeness (QED) is 0.850. The van der Waals surface area contributed by atoms with Crippen molar-refractivity contribution in [2.75, 3.05) is 38.5 Å². The second-order valence-corrected chi connectivity index (χ2v) is 6.01. The van der Waals surface area contributed by atoms with Crippen LogP contribution in [-0.2, 0) is 0 Å². The molecule has 110 valence electrons. The van der Waals surface area contributed by atoms with Crippen LogP contribution in [0.15, 0.2) is 16.6 Å². The molecule has 1 N–H and O–H groups in total. The number of hydrogen-bond acceptors (Lipinski definition) is 2. The summed E-state index contributed by atoms with van der Waals surface area (Å²) >= 11 is 3.14. The van der Waals surface area contributed by atoms with Crippen molar-refractivity contribution in [3.8, 4) is 0 Å². The fraction of sp³-hybridized carbons (Fsp3) is 0.500. The van der Waals surface area contributed by atoms with Crippen LogP contribution in [0.4, 0.5) is 14.9 Å². The lowest BCUT2D eigenvalue weighted by atomic mass is 10.2. The second kappa shape index (κ2) is 6.54. The van der Waals surface area contributed by atoms with Crippen molar-refractivity contribution in [3.05, 3.63) is 28.0 Å². The highest BCUT2D eigenvalue weighted by molar-refractivity contribution is 9.10. The summed E-state index contributed by atoms with van der Waals surface area (Å²) in [6.07, 6.45) is 0.968. The van der Waals surface area contributed by atoms with Gasteiger partial charge in [0.05, 0.1) is 4.47 Å². The van der Waals surface area contributed by atoms with Crippen LogP contribution in [0.25, 0.3) is 0 Å². The highest BCUT2D eigenvalue weighted by Crippen LogP contribution is 2.24. The molecule has 1 heterocycles. The first-order valence-corrected chi connectivity index (χ1v) is 7.47. The van der Waals surface area contributed by atoms with E-state index in [4.69, 9.17) is 0 Å². The van der Waals surface area contributed by atoms with E-state index in [9.17, 15) is 9.18 Å². The number of likely N-dealkylation sites (N-methyl/N-ethyl adjacent to an activating group) is 1. The molecule has 20 heavy (non-hydrogen) atoms. The Morgan fingerprint density at radius 3 is 2.80 bits per heavy atom. The number of rotatable bonds is 1. The van der Waals surface area contributed by atoms with Gasteiger partial charge in [0, 0.05) is 25.3 Å². The van der Waals surface area contributed by atoms with Crippen molar-refractivity contribution in [1.82, 2.24) is 9.80 Å². The molecule has 0 saturated carbocycles. The largest absolute Gasteiger partial charge is 0.323 e. The molecule has 1 aromatic rings. The molecule has 0 atom stereocenters. The van der Waals surface area contributed by atoms with Crippen LogP contribution >= 0.6 is 15.9 Å². The minimum atomic E-state index is -0.322. The number of nitrogens with one attached hydrogen (secondary N) is 1. The maximum Gasteiger partial charge on any atom is 0.321 e. The summed E-state index contributed by atoms with van der Waals surface area (Å²) in [5.41, 5.74) is 1.35. The van der Waals surface area contributed by atoms with E-state index in [0.717, 1.165) is 26.1 Å². The summed E-state index contributed by atoms with van der Waals surface area (Å²) in [7, 11) is 2.06. The average molecular weight is 344 g/mol. The number of benzene rings is 1. The van der Waals surface area contributed by atoms with Gasteiger partial charge in [-0.05, 0) is 60.6 Å². The molecular weight excluding hydrogens is 325 g/mol. The van der Waals surface area contributed by atoms with E-state index in [-0.39, 0.29) is 11.8 Å². The maximum atomic E-state index is 13.4. The maximum absolute atomic E-state index is 13.4. The topological polar surface area (TPSA) is 35.6 Å². The van der Waals surface area contributed by atoms with Gasteiger partial charge in [0.2, 0.25) is 0 Å². The summed E-state index contributed by atoms with van der Waals surface area (Å²) in [5, 5.41) is 2.86. The van der Waals surface area contributed by atoms with Crippen LogP contribution in [0.1, 0.15) is 12.0 Å². The number of amides is 2. The predicted octanol–water partition coefficient (Wildman–Crippen LogP) is 3.07. The standard InChI is InChI=1S/C14H19BrFN3O/c1-10-8-12(16)11(15)9-13(10)17-14(20)19-5-3-4-18(2)6-7-19/h8-9H,3-7H2,1-2H3,(H,17,20). The number of carbonyl (C=O) groups is 1. The summed E-state index contributed by atoms with van der Waals surface area (Å²) < 4.78 is 13.7. The normalized spacial score (nSPS) is 16.9. The van der Waals surface area contributed by atoms with E-state index in [0.29, 0.717) is 22.3 Å². The molecule has 6 heteroatoms. The number of nitrogens with zero attached hydrogens (tertiary/aromatic N) is 2. The van der Waals surface area contributed by atoms with Gasteiger partial charge in [-0.3, -0.25) is 0 Å². The van der Waals surface area contributed by atoms with Gasteiger partial charge in [0.1, 0.15) is 5.82 Å². The summed E-state index contributed by atoms with van der Waals surface area (Å²) in [6, 6.07) is 2.89. The molecule has 0 unspecified atom stereocenters. The molecule has 1 fully saturated rings. The van der Waals surface area contributed by atoms with Gasteiger partial charge in [0.25, 0.3) is 0 Å². The Hall–Kier alpha value is -1.14. The lowest BCUT2D eigenvalue weighted by Crippen LogP contribution is -2.37. The first kappa shape index (κ1) is 15.3. The molecule has 0 aromatic heterocycles. The van der Waals surface area contributed by atoms with Crippen LogP contribution in [-0.4, -0.2) is 49.1 Å². The molecule has 0 bridgehead atoms. The minimum Gasteiger partial charge on any atom is -0.323 e. The molecule has 1 saturated heterocycles. The van der Waals surface area contributed by atoms with Crippen LogP contribution in [0.2, 0.25) is 0 Å². The number of urea groups is 1. The fourth-order valence-electron chi connectivity index (χ4n) is 2.22. The zero-order chi connectivity index (χ0) is 14.7. The van der Waals surface area contributed by atoms with Gasteiger partial charge in [-0.1, -0.05) is 0 Å². The van der Waals surface area contributed by atoms with E-state index in [1.54, 1.807) is 17.9 Å². The lowest BCUT2D eigenvalue weighted by Gasteiger charge is -2.21. The summed E-state index contributed by atoms with van der Waals surface area (Å²) in [6.45, 7) is 5.12. The average Bonchev–Trinajstić information content (AvgIpc) is 2.61. The Morgan fingerprint density at radius 2 is 2.05 bits per heavy atom. The highest BCUT2D eigenvalue weighted by Gasteiger charge is 2.18. The molecule has 0 radical (unpaired) electrons. The number of carbonyl (C=O) groups excluding carboxylic acids is 1. The fourth-order valence-corrected chi connectivity index (χ4v) is 2.57. The molecule has 0 spiro atoms. The molecule has 2 rings (SSSR count). The van der Waals surface area contributed by atoms with Crippen molar-refractivity contribution in [2.24, 2.45) is 0 Å². The Labute approximate surface area is 127 Å². The third-order valence-electron chi connectivity index (χ3n) is 3.52. The zero-order valence-corrected chi connectivity index (χ0v) is 13.3. The number of halogens is 2. The first-order chi connectivity index (χ1) is 9.47. The van der Waals surface area contributed by atoms with E-state index < -0.39 is 0 Å². The van der Waals surface area contributed by atoms with Gasteiger partial charge < -0.3 is 15.1 Å². The number of hydrogen-bond donors (Lipinski definition) is 1. The van der Waals surface area contributed by atoms with E-state index in [2.05, 4.69) is 33.2 Å². The molecule has 0 aliphatic carbocycles. The Kier molecular flexibility index (Phi) is 4.99. The number of anilines is 1. The molecule has 4 nitrogen and oxygen atoms in total. The summed E-state index contributed by atoms with van der Waals surface area (Å²) in [5.74, 6) is -0.322. The van der Waals surface area contributed by atoms with Gasteiger partial charge in [-0.2, -0.15) is 0 Å². The van der Waals surface area contributed by atoms with E-state index in [1.165, 1.54) is 6.07 Å². The van der Waals surface area contributed by atoms with Crippen molar-refractivity contribution in [1.29, 1.82) is 0 Å². The van der Waals surface area contributed by atoms with Gasteiger partial charge >= 0.3 is 6.03 Å². The molecule has 1 aromatic carbocycles. The number of aryl methyl sites for hydroxylation is 1. The third-order valence-corrected chi connectivity index (χ3v) is 4.12. The van der Waals surface area contributed by atoms with E-state index in [1.807, 2.05) is 0 Å². The third kappa shape index (κ3) is 3.70. The summed E-state index contributed by atoms with van der Waals surface area (Å²) in [4.78, 5) is 16.3. The molecule has 1 aliphatic heterocycles. The first-order valence-electron chi connectivity index (χ1n) is 6.67. The lowest BCUT2D eigenvalue weighted by molar-refractivity contribution is 0.213. The van der Waals surface area contributed by atoms with Crippen molar-refractivity contribution in [3.63, 3.8) is 0 Å². The van der Waals surface area contributed by atoms with Gasteiger partial charge in [-0.25, -0.2) is 9.18 Å².